The molecule has 1 aliphatic heterocycles. The number of amides is 1. The summed E-state index contributed by atoms with van der Waals surface area (Å²) < 4.78 is 44.5. The van der Waals surface area contributed by atoms with E-state index >= 15 is 0 Å². The van der Waals surface area contributed by atoms with Crippen LogP contribution in [0.2, 0.25) is 0 Å². The maximum absolute atomic E-state index is 13.0. The van der Waals surface area contributed by atoms with Gasteiger partial charge >= 0.3 is 6.18 Å². The zero-order valence-corrected chi connectivity index (χ0v) is 13.2. The summed E-state index contributed by atoms with van der Waals surface area (Å²) in [5, 5.41) is 11.4. The fourth-order valence-corrected chi connectivity index (χ4v) is 3.78. The molecule has 1 saturated heterocycles. The molecule has 0 aromatic heterocycles. The Balaban J connectivity index is 2.07. The summed E-state index contributed by atoms with van der Waals surface area (Å²) in [6.07, 6.45) is -3.90. The second-order valence-corrected chi connectivity index (χ2v) is 6.39. The Morgan fingerprint density at radius 3 is 2.74 bits per heavy atom. The molecule has 1 fully saturated rings. The lowest BCUT2D eigenvalue weighted by atomic mass is 10.0. The van der Waals surface area contributed by atoms with E-state index < -0.39 is 28.8 Å². The molecule has 0 bridgehead atoms. The Kier molecular flexibility index (Phi) is 5.94. The van der Waals surface area contributed by atoms with E-state index in [2.05, 4.69) is 5.32 Å². The number of carbonyl (C=O) groups excluding carboxylic acids is 1. The fraction of sp³-hybridized carbons (Fsp3) is 0.533. The SMILES string of the molecule is O=C(NCC1(OCCO)CCSC1)c1ccccc1C(F)(F)F. The van der Waals surface area contributed by atoms with Crippen LogP contribution in [0, 0.1) is 0 Å². The Labute approximate surface area is 136 Å². The molecule has 0 radical (unpaired) electrons. The minimum absolute atomic E-state index is 0.116. The number of hydrogen-bond acceptors (Lipinski definition) is 4. The van der Waals surface area contributed by atoms with Gasteiger partial charge in [0.1, 0.15) is 0 Å². The molecule has 0 aliphatic carbocycles. The maximum atomic E-state index is 13.0. The molecule has 1 aromatic carbocycles. The number of rotatable bonds is 6. The van der Waals surface area contributed by atoms with Gasteiger partial charge in [0.2, 0.25) is 0 Å². The molecule has 8 heteroatoms. The van der Waals surface area contributed by atoms with E-state index in [1.165, 1.54) is 12.1 Å². The minimum Gasteiger partial charge on any atom is -0.394 e. The summed E-state index contributed by atoms with van der Waals surface area (Å²) in [4.78, 5) is 12.2. The molecule has 2 rings (SSSR count). The Morgan fingerprint density at radius 1 is 1.39 bits per heavy atom. The van der Waals surface area contributed by atoms with Crippen LogP contribution < -0.4 is 5.32 Å². The number of alkyl halides is 3. The van der Waals surface area contributed by atoms with E-state index in [0.29, 0.717) is 12.2 Å². The van der Waals surface area contributed by atoms with Crippen LogP contribution >= 0.6 is 11.8 Å². The molecule has 23 heavy (non-hydrogen) atoms. The van der Waals surface area contributed by atoms with Gasteiger partial charge in [-0.15, -0.1) is 0 Å². The van der Waals surface area contributed by atoms with Crippen molar-refractivity contribution in [3.63, 3.8) is 0 Å². The van der Waals surface area contributed by atoms with Crippen LogP contribution in [0.4, 0.5) is 13.2 Å². The smallest absolute Gasteiger partial charge is 0.394 e. The number of halogens is 3. The van der Waals surface area contributed by atoms with Gasteiger partial charge in [0, 0.05) is 12.3 Å². The lowest BCUT2D eigenvalue weighted by Crippen LogP contribution is -2.46. The lowest BCUT2D eigenvalue weighted by Gasteiger charge is -2.28. The first-order valence-corrected chi connectivity index (χ1v) is 8.30. The van der Waals surface area contributed by atoms with Gasteiger partial charge in [0.15, 0.2) is 0 Å². The number of thioether (sulfide) groups is 1. The highest BCUT2D eigenvalue weighted by molar-refractivity contribution is 7.99. The molecule has 1 atom stereocenters. The van der Waals surface area contributed by atoms with E-state index in [4.69, 9.17) is 9.84 Å². The number of carbonyl (C=O) groups is 1. The van der Waals surface area contributed by atoms with Crippen LogP contribution in [-0.4, -0.2) is 47.9 Å². The second-order valence-electron chi connectivity index (χ2n) is 5.28. The van der Waals surface area contributed by atoms with E-state index in [1.807, 2.05) is 0 Å². The Morgan fingerprint density at radius 2 is 2.13 bits per heavy atom. The summed E-state index contributed by atoms with van der Waals surface area (Å²) in [6, 6.07) is 4.69. The first-order valence-electron chi connectivity index (χ1n) is 7.15. The normalized spacial score (nSPS) is 21.4. The highest BCUT2D eigenvalue weighted by Crippen LogP contribution is 2.33. The number of ether oxygens (including phenoxy) is 1. The molecule has 1 heterocycles. The molecule has 0 spiro atoms. The molecule has 128 valence electrons. The van der Waals surface area contributed by atoms with Gasteiger partial charge in [0.25, 0.3) is 5.91 Å². The number of hydrogen-bond donors (Lipinski definition) is 2. The average molecular weight is 349 g/mol. The zero-order chi connectivity index (χ0) is 16.9. The Bertz CT molecular complexity index is 545. The molecule has 1 aliphatic rings. The average Bonchev–Trinajstić information content (AvgIpc) is 2.99. The largest absolute Gasteiger partial charge is 0.417 e. The first-order chi connectivity index (χ1) is 10.9. The first kappa shape index (κ1) is 18.1. The van der Waals surface area contributed by atoms with Crippen molar-refractivity contribution in [2.45, 2.75) is 18.2 Å². The summed E-state index contributed by atoms with van der Waals surface area (Å²) in [6.45, 7) is 0.109. The van der Waals surface area contributed by atoms with Gasteiger partial charge in [-0.2, -0.15) is 24.9 Å². The van der Waals surface area contributed by atoms with Gasteiger partial charge in [0.05, 0.1) is 29.9 Å². The lowest BCUT2D eigenvalue weighted by molar-refractivity contribution is -0.137. The van der Waals surface area contributed by atoms with Crippen LogP contribution in [-0.2, 0) is 10.9 Å². The molecule has 2 N–H and O–H groups in total. The third-order valence-electron chi connectivity index (χ3n) is 3.61. The monoisotopic (exact) mass is 349 g/mol. The predicted octanol–water partition coefficient (Wildman–Crippen LogP) is 2.32. The van der Waals surface area contributed by atoms with E-state index in [-0.39, 0.29) is 19.8 Å². The zero-order valence-electron chi connectivity index (χ0n) is 12.4. The molecular formula is C15H18F3NO3S. The highest BCUT2D eigenvalue weighted by atomic mass is 32.2. The van der Waals surface area contributed by atoms with Gasteiger partial charge in [-0.25, -0.2) is 0 Å². The number of nitrogens with one attached hydrogen (secondary N) is 1. The fourth-order valence-electron chi connectivity index (χ4n) is 2.42. The third kappa shape index (κ3) is 4.62. The van der Waals surface area contributed by atoms with Crippen LogP contribution in [0.15, 0.2) is 24.3 Å². The van der Waals surface area contributed by atoms with Crippen molar-refractivity contribution in [1.29, 1.82) is 0 Å². The van der Waals surface area contributed by atoms with Crippen LogP contribution in [0.1, 0.15) is 22.3 Å². The van der Waals surface area contributed by atoms with E-state index in [0.717, 1.165) is 17.9 Å². The molecule has 1 unspecified atom stereocenters. The number of aliphatic hydroxyl groups excluding tert-OH is 1. The van der Waals surface area contributed by atoms with E-state index in [1.54, 1.807) is 11.8 Å². The van der Waals surface area contributed by atoms with Crippen LogP contribution in [0.3, 0.4) is 0 Å². The van der Waals surface area contributed by atoms with Crippen molar-refractivity contribution in [2.75, 3.05) is 31.3 Å². The quantitative estimate of drug-likeness (QED) is 0.828. The molecule has 0 saturated carbocycles. The van der Waals surface area contributed by atoms with Crippen molar-refractivity contribution < 1.29 is 27.8 Å². The van der Waals surface area contributed by atoms with Crippen molar-refractivity contribution in [3.05, 3.63) is 35.4 Å². The van der Waals surface area contributed by atoms with Crippen molar-refractivity contribution in [1.82, 2.24) is 5.32 Å². The minimum atomic E-state index is -4.58. The highest BCUT2D eigenvalue weighted by Gasteiger charge is 2.38. The Hall–Kier alpha value is -1.25. The van der Waals surface area contributed by atoms with Gasteiger partial charge in [-0.05, 0) is 24.3 Å². The molecule has 1 aromatic rings. The third-order valence-corrected chi connectivity index (χ3v) is 4.84. The van der Waals surface area contributed by atoms with Gasteiger partial charge in [-0.3, -0.25) is 4.79 Å². The summed E-state index contributed by atoms with van der Waals surface area (Å²) in [5.74, 6) is 0.705. The second kappa shape index (κ2) is 7.55. The molecule has 4 nitrogen and oxygen atoms in total. The molecule has 1 amide bonds. The number of benzene rings is 1. The summed E-state index contributed by atoms with van der Waals surface area (Å²) >= 11 is 1.65. The van der Waals surface area contributed by atoms with Crippen molar-refractivity contribution >= 4 is 17.7 Å². The van der Waals surface area contributed by atoms with Crippen LogP contribution in [0.25, 0.3) is 0 Å². The van der Waals surface area contributed by atoms with Crippen molar-refractivity contribution in [2.24, 2.45) is 0 Å². The van der Waals surface area contributed by atoms with E-state index in [9.17, 15) is 18.0 Å². The summed E-state index contributed by atoms with van der Waals surface area (Å²) in [7, 11) is 0. The predicted molar refractivity (Wildman–Crippen MR) is 81.5 cm³/mol. The topological polar surface area (TPSA) is 58.6 Å². The standard InChI is InChI=1S/C15H18F3NO3S/c16-15(17,18)12-4-2-1-3-11(12)13(21)19-9-14(22-7-6-20)5-8-23-10-14/h1-4,20H,5-10H2,(H,19,21). The number of aliphatic hydroxyl groups is 1. The van der Waals surface area contributed by atoms with Gasteiger partial charge < -0.3 is 15.2 Å². The van der Waals surface area contributed by atoms with Crippen LogP contribution in [0.5, 0.6) is 0 Å². The maximum Gasteiger partial charge on any atom is 0.417 e. The summed E-state index contributed by atoms with van der Waals surface area (Å²) in [5.41, 5.74) is -1.98. The van der Waals surface area contributed by atoms with Crippen molar-refractivity contribution in [3.8, 4) is 0 Å². The molecular weight excluding hydrogens is 331 g/mol. The van der Waals surface area contributed by atoms with Gasteiger partial charge in [-0.1, -0.05) is 12.1 Å².